The fraction of sp³-hybridized carbons (Fsp3) is 0.846. The lowest BCUT2D eigenvalue weighted by atomic mass is 9.84. The maximum absolute atomic E-state index is 10.2. The molecular weight excluding hydrogens is 214 g/mol. The second-order valence-corrected chi connectivity index (χ2v) is 5.83. The molecule has 0 radical (unpaired) electrons. The molecule has 17 heavy (non-hydrogen) atoms. The highest BCUT2D eigenvalue weighted by molar-refractivity contribution is 4.93. The van der Waals surface area contributed by atoms with Crippen LogP contribution in [0.1, 0.15) is 37.9 Å². The molecule has 1 aromatic rings. The summed E-state index contributed by atoms with van der Waals surface area (Å²) in [5, 5.41) is 14.2. The van der Waals surface area contributed by atoms with Crippen molar-refractivity contribution in [3.63, 3.8) is 0 Å². The average molecular weight is 235 g/mol. The summed E-state index contributed by atoms with van der Waals surface area (Å²) >= 11 is 0. The lowest BCUT2D eigenvalue weighted by Gasteiger charge is -2.23. The fourth-order valence-corrected chi connectivity index (χ4v) is 3.81. The molecule has 2 fully saturated rings. The first-order valence-corrected chi connectivity index (χ1v) is 6.73. The Kier molecular flexibility index (Phi) is 2.90. The Morgan fingerprint density at radius 2 is 2.35 bits per heavy atom. The molecule has 0 aromatic carbocycles. The molecule has 4 nitrogen and oxygen atoms in total. The quantitative estimate of drug-likeness (QED) is 0.861. The number of hydrogen-bond acceptors (Lipinski definition) is 3. The third-order valence-electron chi connectivity index (χ3n) is 4.68. The molecule has 1 heterocycles. The lowest BCUT2D eigenvalue weighted by Crippen LogP contribution is -2.21. The molecule has 2 bridgehead atoms. The van der Waals surface area contributed by atoms with Crippen molar-refractivity contribution in [2.24, 2.45) is 24.8 Å². The number of aryl methyl sites for hydroxylation is 1. The van der Waals surface area contributed by atoms with E-state index in [1.807, 2.05) is 7.05 Å². The van der Waals surface area contributed by atoms with Crippen molar-refractivity contribution in [1.29, 1.82) is 0 Å². The Balaban J connectivity index is 1.54. The van der Waals surface area contributed by atoms with Gasteiger partial charge in [0.15, 0.2) is 0 Å². The maximum Gasteiger partial charge on any atom is 0.138 e. The van der Waals surface area contributed by atoms with Gasteiger partial charge in [-0.1, -0.05) is 6.42 Å². The SMILES string of the molecule is Cn1ncnc1CC(O)CC1CC2CCC1C2. The molecule has 2 aliphatic carbocycles. The average Bonchev–Trinajstić information content (AvgIpc) is 2.96. The number of aliphatic hydroxyl groups excluding tert-OH is 1. The number of rotatable bonds is 4. The molecule has 0 aliphatic heterocycles. The molecule has 0 saturated heterocycles. The summed E-state index contributed by atoms with van der Waals surface area (Å²) in [6, 6.07) is 0. The number of nitrogens with zero attached hydrogens (tertiary/aromatic N) is 3. The first-order valence-electron chi connectivity index (χ1n) is 6.73. The summed E-state index contributed by atoms with van der Waals surface area (Å²) < 4.78 is 1.75. The molecule has 1 aromatic heterocycles. The van der Waals surface area contributed by atoms with Gasteiger partial charge in [0.1, 0.15) is 12.2 Å². The van der Waals surface area contributed by atoms with Crippen LogP contribution in [0.25, 0.3) is 0 Å². The molecule has 4 unspecified atom stereocenters. The Bertz CT molecular complexity index is 390. The molecule has 2 aliphatic rings. The Morgan fingerprint density at radius 1 is 1.47 bits per heavy atom. The van der Waals surface area contributed by atoms with Crippen molar-refractivity contribution in [3.8, 4) is 0 Å². The summed E-state index contributed by atoms with van der Waals surface area (Å²) in [4.78, 5) is 4.17. The van der Waals surface area contributed by atoms with Crippen LogP contribution in [0.15, 0.2) is 6.33 Å². The number of hydrogen-bond donors (Lipinski definition) is 1. The lowest BCUT2D eigenvalue weighted by molar-refractivity contribution is 0.122. The van der Waals surface area contributed by atoms with Crippen molar-refractivity contribution in [3.05, 3.63) is 12.2 Å². The van der Waals surface area contributed by atoms with E-state index in [-0.39, 0.29) is 6.10 Å². The maximum atomic E-state index is 10.2. The van der Waals surface area contributed by atoms with Gasteiger partial charge in [-0.25, -0.2) is 4.98 Å². The van der Waals surface area contributed by atoms with Crippen LogP contribution in [0.4, 0.5) is 0 Å². The van der Waals surface area contributed by atoms with Gasteiger partial charge in [0, 0.05) is 13.5 Å². The van der Waals surface area contributed by atoms with Crippen LogP contribution in [0.3, 0.4) is 0 Å². The molecule has 0 amide bonds. The van der Waals surface area contributed by atoms with E-state index in [0.717, 1.165) is 30.0 Å². The highest BCUT2D eigenvalue weighted by atomic mass is 16.3. The molecule has 1 N–H and O–H groups in total. The number of aliphatic hydroxyl groups is 1. The zero-order chi connectivity index (χ0) is 11.8. The predicted octanol–water partition coefficient (Wildman–Crippen LogP) is 1.54. The van der Waals surface area contributed by atoms with Crippen LogP contribution in [0.2, 0.25) is 0 Å². The minimum Gasteiger partial charge on any atom is -0.393 e. The van der Waals surface area contributed by atoms with E-state index in [4.69, 9.17) is 0 Å². The minimum absolute atomic E-state index is 0.248. The summed E-state index contributed by atoms with van der Waals surface area (Å²) in [6.45, 7) is 0. The summed E-state index contributed by atoms with van der Waals surface area (Å²) in [5.41, 5.74) is 0. The van der Waals surface area contributed by atoms with Crippen LogP contribution in [0.5, 0.6) is 0 Å². The second-order valence-electron chi connectivity index (χ2n) is 5.83. The third-order valence-corrected chi connectivity index (χ3v) is 4.68. The zero-order valence-electron chi connectivity index (χ0n) is 10.4. The zero-order valence-corrected chi connectivity index (χ0v) is 10.4. The second kappa shape index (κ2) is 4.41. The molecule has 4 heteroatoms. The van der Waals surface area contributed by atoms with E-state index in [2.05, 4.69) is 10.1 Å². The molecule has 94 valence electrons. The Labute approximate surface area is 102 Å². The van der Waals surface area contributed by atoms with Crippen LogP contribution in [-0.2, 0) is 13.5 Å². The molecule has 3 rings (SSSR count). The molecule has 2 saturated carbocycles. The van der Waals surface area contributed by atoms with E-state index in [9.17, 15) is 5.11 Å². The Hall–Kier alpha value is -0.900. The van der Waals surface area contributed by atoms with E-state index in [1.165, 1.54) is 25.7 Å². The van der Waals surface area contributed by atoms with Gasteiger partial charge in [0.25, 0.3) is 0 Å². The summed E-state index contributed by atoms with van der Waals surface area (Å²) in [5.74, 6) is 3.51. The first kappa shape index (κ1) is 11.2. The monoisotopic (exact) mass is 235 g/mol. The van der Waals surface area contributed by atoms with Crippen LogP contribution in [-0.4, -0.2) is 26.0 Å². The number of fused-ring (bicyclic) bond motifs is 2. The van der Waals surface area contributed by atoms with Gasteiger partial charge < -0.3 is 5.11 Å². The van der Waals surface area contributed by atoms with Gasteiger partial charge in [0.05, 0.1) is 6.10 Å². The van der Waals surface area contributed by atoms with Gasteiger partial charge in [0.2, 0.25) is 0 Å². The summed E-state index contributed by atoms with van der Waals surface area (Å²) in [6.07, 6.45) is 8.49. The van der Waals surface area contributed by atoms with Gasteiger partial charge in [-0.2, -0.15) is 5.10 Å². The standard InChI is InChI=1S/C13H21N3O/c1-16-13(14-8-15-16)7-12(17)6-11-5-9-2-3-10(11)4-9/h8-12,17H,2-7H2,1H3. The van der Waals surface area contributed by atoms with Crippen molar-refractivity contribution < 1.29 is 5.11 Å². The van der Waals surface area contributed by atoms with Gasteiger partial charge in [-0.3, -0.25) is 4.68 Å². The fourth-order valence-electron chi connectivity index (χ4n) is 3.81. The minimum atomic E-state index is -0.248. The predicted molar refractivity (Wildman–Crippen MR) is 64.3 cm³/mol. The third kappa shape index (κ3) is 2.23. The Morgan fingerprint density at radius 3 is 2.94 bits per heavy atom. The highest BCUT2D eigenvalue weighted by Gasteiger charge is 2.39. The molecule has 4 atom stereocenters. The van der Waals surface area contributed by atoms with Crippen molar-refractivity contribution >= 4 is 0 Å². The highest BCUT2D eigenvalue weighted by Crippen LogP contribution is 2.49. The number of aromatic nitrogens is 3. The normalized spacial score (nSPS) is 33.2. The van der Waals surface area contributed by atoms with E-state index >= 15 is 0 Å². The van der Waals surface area contributed by atoms with Crippen LogP contribution < -0.4 is 0 Å². The smallest absolute Gasteiger partial charge is 0.138 e. The van der Waals surface area contributed by atoms with Crippen LogP contribution >= 0.6 is 0 Å². The topological polar surface area (TPSA) is 50.9 Å². The van der Waals surface area contributed by atoms with Crippen molar-refractivity contribution in [2.45, 2.75) is 44.6 Å². The summed E-state index contributed by atoms with van der Waals surface area (Å²) in [7, 11) is 1.88. The first-order chi connectivity index (χ1) is 8.22. The largest absolute Gasteiger partial charge is 0.393 e. The molecular formula is C13H21N3O. The van der Waals surface area contributed by atoms with Gasteiger partial charge in [-0.05, 0) is 43.4 Å². The van der Waals surface area contributed by atoms with Crippen LogP contribution in [0, 0.1) is 17.8 Å². The van der Waals surface area contributed by atoms with E-state index in [0.29, 0.717) is 6.42 Å². The van der Waals surface area contributed by atoms with Gasteiger partial charge >= 0.3 is 0 Å². The van der Waals surface area contributed by atoms with E-state index < -0.39 is 0 Å². The van der Waals surface area contributed by atoms with E-state index in [1.54, 1.807) is 11.0 Å². The van der Waals surface area contributed by atoms with Crippen molar-refractivity contribution in [2.75, 3.05) is 0 Å². The van der Waals surface area contributed by atoms with Crippen molar-refractivity contribution in [1.82, 2.24) is 14.8 Å². The molecule has 0 spiro atoms. The van der Waals surface area contributed by atoms with Gasteiger partial charge in [-0.15, -0.1) is 0 Å².